The van der Waals surface area contributed by atoms with Crippen molar-refractivity contribution in [3.8, 4) is 11.5 Å². The van der Waals surface area contributed by atoms with Crippen molar-refractivity contribution in [1.29, 1.82) is 0 Å². The normalized spacial score (nSPS) is 11.4. The Morgan fingerprint density at radius 2 is 1.42 bits per heavy atom. The lowest BCUT2D eigenvalue weighted by atomic mass is 10.1. The number of hydrogen-bond acceptors (Lipinski definition) is 3. The average Bonchev–Trinajstić information content (AvgIpc) is 2.69. The first-order valence-corrected chi connectivity index (χ1v) is 8.31. The molecular formula is C21H20N2O3. The number of aliphatic hydroxyl groups excluding tert-OH is 1. The van der Waals surface area contributed by atoms with Crippen molar-refractivity contribution in [3.63, 3.8) is 0 Å². The number of carbonyl (C=O) groups excluding carboxylic acids is 1. The number of ether oxygens (including phenoxy) is 1. The molecule has 0 bridgehead atoms. The smallest absolute Gasteiger partial charge is 0.319 e. The van der Waals surface area contributed by atoms with E-state index in [1.54, 1.807) is 24.3 Å². The van der Waals surface area contributed by atoms with Gasteiger partial charge in [0, 0.05) is 5.69 Å². The van der Waals surface area contributed by atoms with E-state index in [1.165, 1.54) is 0 Å². The van der Waals surface area contributed by atoms with E-state index in [-0.39, 0.29) is 12.6 Å². The van der Waals surface area contributed by atoms with Gasteiger partial charge in [-0.2, -0.15) is 0 Å². The molecule has 0 saturated heterocycles. The molecule has 1 atom stereocenters. The molecule has 2 amide bonds. The number of carbonyl (C=O) groups is 1. The van der Waals surface area contributed by atoms with Crippen LogP contribution in [0.4, 0.5) is 10.5 Å². The van der Waals surface area contributed by atoms with E-state index >= 15 is 0 Å². The van der Waals surface area contributed by atoms with E-state index < -0.39 is 6.04 Å². The molecule has 5 nitrogen and oxygen atoms in total. The molecular weight excluding hydrogens is 328 g/mol. The molecule has 3 rings (SSSR count). The minimum absolute atomic E-state index is 0.179. The molecule has 132 valence electrons. The molecule has 0 spiro atoms. The van der Waals surface area contributed by atoms with Gasteiger partial charge in [0.15, 0.2) is 0 Å². The van der Waals surface area contributed by atoms with E-state index in [1.807, 2.05) is 60.7 Å². The van der Waals surface area contributed by atoms with Gasteiger partial charge >= 0.3 is 6.03 Å². The molecule has 3 N–H and O–H groups in total. The zero-order valence-electron chi connectivity index (χ0n) is 14.1. The van der Waals surface area contributed by atoms with Crippen LogP contribution in [0.25, 0.3) is 0 Å². The average molecular weight is 348 g/mol. The Kier molecular flexibility index (Phi) is 5.85. The summed E-state index contributed by atoms with van der Waals surface area (Å²) in [4.78, 5) is 12.2. The van der Waals surface area contributed by atoms with Crippen molar-refractivity contribution >= 4 is 11.7 Å². The summed E-state index contributed by atoms with van der Waals surface area (Å²) >= 11 is 0. The van der Waals surface area contributed by atoms with Crippen molar-refractivity contribution in [1.82, 2.24) is 5.32 Å². The first-order chi connectivity index (χ1) is 12.7. The zero-order valence-corrected chi connectivity index (χ0v) is 14.1. The highest BCUT2D eigenvalue weighted by molar-refractivity contribution is 5.89. The number of anilines is 1. The van der Waals surface area contributed by atoms with Crippen molar-refractivity contribution in [2.24, 2.45) is 0 Å². The first kappa shape index (κ1) is 17.5. The second-order valence-corrected chi connectivity index (χ2v) is 5.68. The van der Waals surface area contributed by atoms with Gasteiger partial charge in [-0.3, -0.25) is 0 Å². The van der Waals surface area contributed by atoms with Crippen LogP contribution in [0.2, 0.25) is 0 Å². The first-order valence-electron chi connectivity index (χ1n) is 8.31. The Morgan fingerprint density at radius 3 is 2.04 bits per heavy atom. The molecule has 0 aliphatic rings. The number of nitrogens with one attached hydrogen (secondary N) is 2. The van der Waals surface area contributed by atoms with E-state index in [9.17, 15) is 9.90 Å². The van der Waals surface area contributed by atoms with Gasteiger partial charge in [-0.25, -0.2) is 4.79 Å². The Bertz CT molecular complexity index is 821. The maximum atomic E-state index is 12.2. The topological polar surface area (TPSA) is 70.6 Å². The van der Waals surface area contributed by atoms with Gasteiger partial charge in [-0.1, -0.05) is 48.5 Å². The predicted octanol–water partition coefficient (Wildman–Crippen LogP) is 4.33. The van der Waals surface area contributed by atoms with Gasteiger partial charge in [0.1, 0.15) is 11.5 Å². The summed E-state index contributed by atoms with van der Waals surface area (Å²) in [6.07, 6.45) is 0. The molecule has 0 saturated carbocycles. The van der Waals surface area contributed by atoms with Gasteiger partial charge in [0.25, 0.3) is 0 Å². The third-order valence-corrected chi connectivity index (χ3v) is 3.78. The van der Waals surface area contributed by atoms with Crippen LogP contribution in [0.5, 0.6) is 11.5 Å². The molecule has 5 heteroatoms. The second kappa shape index (κ2) is 8.69. The fourth-order valence-electron chi connectivity index (χ4n) is 2.48. The van der Waals surface area contributed by atoms with Crippen molar-refractivity contribution in [2.45, 2.75) is 6.04 Å². The molecule has 0 aliphatic heterocycles. The summed E-state index contributed by atoms with van der Waals surface area (Å²) < 4.78 is 5.72. The number of para-hydroxylation sites is 1. The molecule has 0 aromatic heterocycles. The number of amides is 2. The lowest BCUT2D eigenvalue weighted by Crippen LogP contribution is -2.34. The van der Waals surface area contributed by atoms with Crippen molar-refractivity contribution in [3.05, 3.63) is 90.5 Å². The van der Waals surface area contributed by atoms with Gasteiger partial charge < -0.3 is 20.5 Å². The highest BCUT2D eigenvalue weighted by Gasteiger charge is 2.13. The van der Waals surface area contributed by atoms with Crippen LogP contribution in [0, 0.1) is 0 Å². The van der Waals surface area contributed by atoms with Crippen molar-refractivity contribution < 1.29 is 14.6 Å². The lowest BCUT2D eigenvalue weighted by molar-refractivity contribution is 0.225. The third kappa shape index (κ3) is 4.84. The van der Waals surface area contributed by atoms with Gasteiger partial charge in [0.05, 0.1) is 12.6 Å². The fraction of sp³-hybridized carbons (Fsp3) is 0.0952. The quantitative estimate of drug-likeness (QED) is 0.621. The maximum Gasteiger partial charge on any atom is 0.319 e. The fourth-order valence-corrected chi connectivity index (χ4v) is 2.48. The van der Waals surface area contributed by atoms with Crippen molar-refractivity contribution in [2.75, 3.05) is 11.9 Å². The SMILES string of the molecule is O=C(Nc1ccc(Oc2ccccc2)cc1)N[C@H](CO)c1ccccc1. The van der Waals surface area contributed by atoms with Crippen LogP contribution in [-0.4, -0.2) is 17.7 Å². The predicted molar refractivity (Wildman–Crippen MR) is 101 cm³/mol. The minimum Gasteiger partial charge on any atom is -0.457 e. The summed E-state index contributed by atoms with van der Waals surface area (Å²) in [6.45, 7) is -0.179. The van der Waals surface area contributed by atoms with Crippen LogP contribution in [0.15, 0.2) is 84.9 Å². The maximum absolute atomic E-state index is 12.2. The van der Waals surface area contributed by atoms with Gasteiger partial charge in [-0.15, -0.1) is 0 Å². The van der Waals surface area contributed by atoms with E-state index in [4.69, 9.17) is 4.74 Å². The van der Waals surface area contributed by atoms with E-state index in [2.05, 4.69) is 10.6 Å². The Hall–Kier alpha value is -3.31. The monoisotopic (exact) mass is 348 g/mol. The number of benzene rings is 3. The second-order valence-electron chi connectivity index (χ2n) is 5.68. The van der Waals surface area contributed by atoms with Crippen LogP contribution >= 0.6 is 0 Å². The summed E-state index contributed by atoms with van der Waals surface area (Å²) in [5, 5.41) is 15.0. The molecule has 0 unspecified atom stereocenters. The number of hydrogen-bond donors (Lipinski definition) is 3. The molecule has 0 aliphatic carbocycles. The summed E-state index contributed by atoms with van der Waals surface area (Å²) in [6, 6.07) is 25.0. The standard InChI is InChI=1S/C21H20N2O3/c24-15-20(16-7-3-1-4-8-16)23-21(25)22-17-11-13-19(14-12-17)26-18-9-5-2-6-10-18/h1-14,20,24H,15H2,(H2,22,23,25)/t20-/m1/s1. The molecule has 3 aromatic carbocycles. The molecule has 0 radical (unpaired) electrons. The zero-order chi connectivity index (χ0) is 18.2. The minimum atomic E-state index is -0.461. The third-order valence-electron chi connectivity index (χ3n) is 3.78. The Labute approximate surface area is 152 Å². The molecule has 3 aromatic rings. The Balaban J connectivity index is 1.57. The van der Waals surface area contributed by atoms with Crippen LogP contribution in [0.3, 0.4) is 0 Å². The molecule has 26 heavy (non-hydrogen) atoms. The van der Waals surface area contributed by atoms with Gasteiger partial charge in [-0.05, 0) is 42.0 Å². The molecule has 0 heterocycles. The number of rotatable bonds is 6. The number of urea groups is 1. The van der Waals surface area contributed by atoms with Crippen LogP contribution < -0.4 is 15.4 Å². The van der Waals surface area contributed by atoms with E-state index in [0.717, 1.165) is 11.3 Å². The lowest BCUT2D eigenvalue weighted by Gasteiger charge is -2.17. The highest BCUT2D eigenvalue weighted by atomic mass is 16.5. The highest BCUT2D eigenvalue weighted by Crippen LogP contribution is 2.22. The number of aliphatic hydroxyl groups is 1. The molecule has 0 fully saturated rings. The summed E-state index contributed by atoms with van der Waals surface area (Å²) in [5.41, 5.74) is 1.48. The summed E-state index contributed by atoms with van der Waals surface area (Å²) in [5.74, 6) is 1.43. The van der Waals surface area contributed by atoms with E-state index in [0.29, 0.717) is 11.4 Å². The van der Waals surface area contributed by atoms with Crippen LogP contribution in [0.1, 0.15) is 11.6 Å². The van der Waals surface area contributed by atoms with Gasteiger partial charge in [0.2, 0.25) is 0 Å². The largest absolute Gasteiger partial charge is 0.457 e. The summed E-state index contributed by atoms with van der Waals surface area (Å²) in [7, 11) is 0. The Morgan fingerprint density at radius 1 is 0.846 bits per heavy atom. The van der Waals surface area contributed by atoms with Crippen LogP contribution in [-0.2, 0) is 0 Å².